The fraction of sp³-hybridized carbons (Fsp3) is 0.500. The van der Waals surface area contributed by atoms with Crippen LogP contribution in [-0.2, 0) is 0 Å². The molecule has 0 bridgehead atoms. The molecule has 1 aromatic rings. The number of hydrogen-bond acceptors (Lipinski definition) is 2. The lowest BCUT2D eigenvalue weighted by molar-refractivity contribution is 0.527. The predicted octanol–water partition coefficient (Wildman–Crippen LogP) is 3.93. The SMILES string of the molecule is CC(C)CCC(C)Nc1cc(F)cc(C#N)c1. The van der Waals surface area contributed by atoms with E-state index in [2.05, 4.69) is 26.1 Å². The first kappa shape index (κ1) is 13.5. The van der Waals surface area contributed by atoms with Crippen LogP contribution in [0.5, 0.6) is 0 Å². The van der Waals surface area contributed by atoms with Gasteiger partial charge in [0.05, 0.1) is 11.6 Å². The molecule has 2 nitrogen and oxygen atoms in total. The van der Waals surface area contributed by atoms with Crippen molar-refractivity contribution in [2.24, 2.45) is 5.92 Å². The zero-order valence-electron chi connectivity index (χ0n) is 10.6. The Bertz CT molecular complexity index is 407. The fourth-order valence-electron chi connectivity index (χ4n) is 1.68. The van der Waals surface area contributed by atoms with Crippen LogP contribution in [0.3, 0.4) is 0 Å². The van der Waals surface area contributed by atoms with Gasteiger partial charge in [-0.25, -0.2) is 4.39 Å². The minimum absolute atomic E-state index is 0.283. The van der Waals surface area contributed by atoms with E-state index < -0.39 is 0 Å². The third-order valence-corrected chi connectivity index (χ3v) is 2.62. The predicted molar refractivity (Wildman–Crippen MR) is 68.3 cm³/mol. The lowest BCUT2D eigenvalue weighted by Crippen LogP contribution is -2.16. The lowest BCUT2D eigenvalue weighted by atomic mass is 10.0. The van der Waals surface area contributed by atoms with Gasteiger partial charge in [0.1, 0.15) is 5.82 Å². The molecule has 1 unspecified atom stereocenters. The van der Waals surface area contributed by atoms with E-state index in [9.17, 15) is 4.39 Å². The number of nitrogens with zero attached hydrogens (tertiary/aromatic N) is 1. The quantitative estimate of drug-likeness (QED) is 0.837. The molecule has 92 valence electrons. The zero-order chi connectivity index (χ0) is 12.8. The second-order valence-electron chi connectivity index (χ2n) is 4.86. The molecule has 1 aromatic carbocycles. The van der Waals surface area contributed by atoms with E-state index in [1.165, 1.54) is 12.1 Å². The van der Waals surface area contributed by atoms with E-state index in [1.807, 2.05) is 6.07 Å². The topological polar surface area (TPSA) is 35.8 Å². The molecular formula is C14H19FN2. The molecule has 1 atom stereocenters. The Morgan fingerprint density at radius 2 is 1.94 bits per heavy atom. The first-order valence-electron chi connectivity index (χ1n) is 5.98. The number of benzene rings is 1. The molecule has 3 heteroatoms. The first-order valence-corrected chi connectivity index (χ1v) is 5.98. The highest BCUT2D eigenvalue weighted by Gasteiger charge is 2.06. The van der Waals surface area contributed by atoms with Crippen molar-refractivity contribution in [3.8, 4) is 6.07 Å². The largest absolute Gasteiger partial charge is 0.382 e. The van der Waals surface area contributed by atoms with E-state index in [4.69, 9.17) is 5.26 Å². The fourth-order valence-corrected chi connectivity index (χ4v) is 1.68. The Labute approximate surface area is 102 Å². The highest BCUT2D eigenvalue weighted by molar-refractivity contribution is 5.50. The highest BCUT2D eigenvalue weighted by Crippen LogP contribution is 2.16. The molecule has 0 heterocycles. The molecule has 0 radical (unpaired) electrons. The van der Waals surface area contributed by atoms with Gasteiger partial charge in [0.15, 0.2) is 0 Å². The van der Waals surface area contributed by atoms with Crippen molar-refractivity contribution in [2.45, 2.75) is 39.7 Å². The minimum Gasteiger partial charge on any atom is -0.382 e. The van der Waals surface area contributed by atoms with Crippen LogP contribution >= 0.6 is 0 Å². The van der Waals surface area contributed by atoms with Crippen LogP contribution < -0.4 is 5.32 Å². The van der Waals surface area contributed by atoms with Crippen molar-refractivity contribution >= 4 is 5.69 Å². The van der Waals surface area contributed by atoms with Gasteiger partial charge in [0.25, 0.3) is 0 Å². The van der Waals surface area contributed by atoms with Gasteiger partial charge in [-0.2, -0.15) is 5.26 Å². The van der Waals surface area contributed by atoms with E-state index in [1.54, 1.807) is 6.07 Å². The van der Waals surface area contributed by atoms with Crippen molar-refractivity contribution in [2.75, 3.05) is 5.32 Å². The molecular weight excluding hydrogens is 215 g/mol. The Morgan fingerprint density at radius 3 is 2.53 bits per heavy atom. The van der Waals surface area contributed by atoms with E-state index >= 15 is 0 Å². The molecule has 0 aromatic heterocycles. The number of nitrogens with one attached hydrogen (secondary N) is 1. The Kier molecular flexibility index (Phi) is 4.96. The number of anilines is 1. The Balaban J connectivity index is 2.62. The molecule has 0 aliphatic carbocycles. The zero-order valence-corrected chi connectivity index (χ0v) is 10.6. The molecule has 0 amide bonds. The summed E-state index contributed by atoms with van der Waals surface area (Å²) in [5.41, 5.74) is 1.03. The summed E-state index contributed by atoms with van der Waals surface area (Å²) in [5, 5.41) is 12.0. The summed E-state index contributed by atoms with van der Waals surface area (Å²) in [6, 6.07) is 6.57. The highest BCUT2D eigenvalue weighted by atomic mass is 19.1. The normalized spacial score (nSPS) is 12.2. The van der Waals surface area contributed by atoms with Gasteiger partial charge in [-0.1, -0.05) is 13.8 Å². The van der Waals surface area contributed by atoms with Crippen LogP contribution in [0.15, 0.2) is 18.2 Å². The van der Waals surface area contributed by atoms with Crippen LogP contribution in [0.25, 0.3) is 0 Å². The average molecular weight is 234 g/mol. The molecule has 0 saturated heterocycles. The second kappa shape index (κ2) is 6.24. The van der Waals surface area contributed by atoms with Crippen LogP contribution in [0.2, 0.25) is 0 Å². The van der Waals surface area contributed by atoms with Crippen LogP contribution in [0.4, 0.5) is 10.1 Å². The molecule has 0 saturated carbocycles. The molecule has 0 aliphatic heterocycles. The van der Waals surface area contributed by atoms with E-state index in [-0.39, 0.29) is 11.9 Å². The van der Waals surface area contributed by atoms with Crippen LogP contribution in [0.1, 0.15) is 39.2 Å². The van der Waals surface area contributed by atoms with Crippen molar-refractivity contribution in [1.29, 1.82) is 5.26 Å². The smallest absolute Gasteiger partial charge is 0.126 e. The van der Waals surface area contributed by atoms with Crippen LogP contribution in [-0.4, -0.2) is 6.04 Å². The van der Waals surface area contributed by atoms with Gasteiger partial charge >= 0.3 is 0 Å². The first-order chi connectivity index (χ1) is 8.01. The van der Waals surface area contributed by atoms with Gasteiger partial charge in [-0.05, 0) is 43.9 Å². The maximum atomic E-state index is 13.2. The lowest BCUT2D eigenvalue weighted by Gasteiger charge is -2.16. The summed E-state index contributed by atoms with van der Waals surface area (Å²) in [7, 11) is 0. The number of nitriles is 1. The summed E-state index contributed by atoms with van der Waals surface area (Å²) < 4.78 is 13.2. The van der Waals surface area contributed by atoms with E-state index in [0.29, 0.717) is 17.2 Å². The number of hydrogen-bond donors (Lipinski definition) is 1. The van der Waals surface area contributed by atoms with Gasteiger partial charge in [-0.15, -0.1) is 0 Å². The second-order valence-corrected chi connectivity index (χ2v) is 4.86. The van der Waals surface area contributed by atoms with Crippen molar-refractivity contribution < 1.29 is 4.39 Å². The number of halogens is 1. The maximum Gasteiger partial charge on any atom is 0.126 e. The maximum absolute atomic E-state index is 13.2. The summed E-state index contributed by atoms with van der Waals surface area (Å²) in [6.07, 6.45) is 2.17. The van der Waals surface area contributed by atoms with Gasteiger partial charge in [0, 0.05) is 11.7 Å². The Hall–Kier alpha value is -1.56. The summed E-state index contributed by atoms with van der Waals surface area (Å²) >= 11 is 0. The minimum atomic E-state index is -0.373. The number of rotatable bonds is 5. The van der Waals surface area contributed by atoms with Crippen LogP contribution in [0, 0.1) is 23.1 Å². The third-order valence-electron chi connectivity index (χ3n) is 2.62. The monoisotopic (exact) mass is 234 g/mol. The molecule has 17 heavy (non-hydrogen) atoms. The van der Waals surface area contributed by atoms with Crippen molar-refractivity contribution in [3.63, 3.8) is 0 Å². The molecule has 0 fully saturated rings. The van der Waals surface area contributed by atoms with Gasteiger partial charge in [0.2, 0.25) is 0 Å². The van der Waals surface area contributed by atoms with Gasteiger partial charge in [-0.3, -0.25) is 0 Å². The van der Waals surface area contributed by atoms with Gasteiger partial charge < -0.3 is 5.32 Å². The van der Waals surface area contributed by atoms with Crippen molar-refractivity contribution in [1.82, 2.24) is 0 Å². The summed E-state index contributed by atoms with van der Waals surface area (Å²) in [5.74, 6) is 0.295. The standard InChI is InChI=1S/C14H19FN2/c1-10(2)4-5-11(3)17-14-7-12(9-16)6-13(15)8-14/h6-8,10-11,17H,4-5H2,1-3H3. The molecule has 1 N–H and O–H groups in total. The summed E-state index contributed by atoms with van der Waals surface area (Å²) in [4.78, 5) is 0. The Morgan fingerprint density at radius 1 is 1.24 bits per heavy atom. The average Bonchev–Trinajstić information content (AvgIpc) is 2.25. The third kappa shape index (κ3) is 4.86. The molecule has 1 rings (SSSR count). The summed E-state index contributed by atoms with van der Waals surface area (Å²) in [6.45, 7) is 6.44. The van der Waals surface area contributed by atoms with Crippen molar-refractivity contribution in [3.05, 3.63) is 29.6 Å². The van der Waals surface area contributed by atoms with E-state index in [0.717, 1.165) is 12.8 Å². The molecule has 0 aliphatic rings. The molecule has 0 spiro atoms.